The molecule has 3 rings (SSSR count). The summed E-state index contributed by atoms with van der Waals surface area (Å²) in [6.45, 7) is 4.66. The van der Waals surface area contributed by atoms with Gasteiger partial charge in [-0.05, 0) is 44.5 Å². The van der Waals surface area contributed by atoms with Crippen molar-refractivity contribution >= 4 is 27.6 Å². The lowest BCUT2D eigenvalue weighted by molar-refractivity contribution is 0.0468. The molecule has 1 N–H and O–H groups in total. The van der Waals surface area contributed by atoms with E-state index in [-0.39, 0.29) is 42.7 Å². The number of esters is 1. The Morgan fingerprint density at radius 2 is 1.84 bits per heavy atom. The van der Waals surface area contributed by atoms with Crippen molar-refractivity contribution in [2.75, 3.05) is 32.9 Å². The van der Waals surface area contributed by atoms with Gasteiger partial charge in [-0.25, -0.2) is 17.6 Å². The Morgan fingerprint density at radius 1 is 1.19 bits per heavy atom. The maximum atomic E-state index is 14.2. The third kappa shape index (κ3) is 4.64. The van der Waals surface area contributed by atoms with E-state index in [0.29, 0.717) is 16.8 Å². The molecule has 1 saturated heterocycles. The van der Waals surface area contributed by atoms with Crippen LogP contribution in [-0.4, -0.2) is 68.2 Å². The molecule has 1 aromatic heterocycles. The number of morpholine rings is 1. The van der Waals surface area contributed by atoms with Crippen molar-refractivity contribution in [2.24, 2.45) is 0 Å². The van der Waals surface area contributed by atoms with Gasteiger partial charge in [0.05, 0.1) is 29.4 Å². The van der Waals surface area contributed by atoms with Gasteiger partial charge in [0, 0.05) is 24.3 Å². The second-order valence-corrected chi connectivity index (χ2v) is 9.28. The number of nitrogens with one attached hydrogen (secondary N) is 1. The molecule has 0 aliphatic carbocycles. The van der Waals surface area contributed by atoms with E-state index in [1.165, 1.54) is 11.2 Å². The van der Waals surface area contributed by atoms with Crippen LogP contribution in [0.25, 0.3) is 0 Å². The van der Waals surface area contributed by atoms with Crippen molar-refractivity contribution in [1.82, 2.24) is 9.29 Å². The summed E-state index contributed by atoms with van der Waals surface area (Å²) in [5.74, 6) is -2.98. The van der Waals surface area contributed by atoms with Crippen molar-refractivity contribution in [3.63, 3.8) is 0 Å². The van der Waals surface area contributed by atoms with Crippen LogP contribution in [-0.2, 0) is 19.5 Å². The Kier molecular flexibility index (Phi) is 6.91. The second-order valence-electron chi connectivity index (χ2n) is 7.34. The van der Waals surface area contributed by atoms with Crippen LogP contribution < -0.4 is 0 Å². The van der Waals surface area contributed by atoms with E-state index < -0.39 is 39.8 Å². The van der Waals surface area contributed by atoms with Crippen LogP contribution in [0.3, 0.4) is 0 Å². The number of aromatic amines is 1. The molecule has 0 atom stereocenters. The molecule has 0 bridgehead atoms. The van der Waals surface area contributed by atoms with Gasteiger partial charge >= 0.3 is 5.97 Å². The van der Waals surface area contributed by atoms with Gasteiger partial charge in [-0.15, -0.1) is 0 Å². The maximum absolute atomic E-state index is 14.2. The van der Waals surface area contributed by atoms with E-state index in [9.17, 15) is 27.2 Å². The summed E-state index contributed by atoms with van der Waals surface area (Å²) < 4.78 is 51.0. The third-order valence-electron chi connectivity index (χ3n) is 5.17. The number of carbonyl (C=O) groups excluding carboxylic acids is 3. The van der Waals surface area contributed by atoms with Crippen LogP contribution in [0.1, 0.15) is 49.4 Å². The minimum atomic E-state index is -3.95. The molecule has 32 heavy (non-hydrogen) atoms. The minimum absolute atomic E-state index is 0.115. The third-order valence-corrected chi connectivity index (χ3v) is 7.06. The van der Waals surface area contributed by atoms with Gasteiger partial charge in [-0.2, -0.15) is 4.31 Å². The number of carbonyl (C=O) groups is 3. The average Bonchev–Trinajstić information content (AvgIpc) is 3.06. The zero-order chi connectivity index (χ0) is 23.6. The summed E-state index contributed by atoms with van der Waals surface area (Å²) in [6.07, 6.45) is 0. The van der Waals surface area contributed by atoms with Crippen LogP contribution in [0, 0.1) is 19.7 Å². The fourth-order valence-corrected chi connectivity index (χ4v) is 5.03. The van der Waals surface area contributed by atoms with Crippen LogP contribution in [0.4, 0.5) is 4.39 Å². The first kappa shape index (κ1) is 23.8. The largest absolute Gasteiger partial charge is 0.454 e. The predicted octanol–water partition coefficient (Wildman–Crippen LogP) is 2.03. The monoisotopic (exact) mass is 466 g/mol. The van der Waals surface area contributed by atoms with Gasteiger partial charge in [0.2, 0.25) is 15.8 Å². The normalized spacial score (nSPS) is 14.9. The first-order chi connectivity index (χ1) is 15.0. The van der Waals surface area contributed by atoms with Crippen LogP contribution in [0.15, 0.2) is 23.1 Å². The molecule has 1 aliphatic heterocycles. The number of nitrogens with zero attached hydrogens (tertiary/aromatic N) is 1. The van der Waals surface area contributed by atoms with Gasteiger partial charge in [-0.3, -0.25) is 9.59 Å². The highest BCUT2D eigenvalue weighted by atomic mass is 32.2. The SMILES string of the molecule is CC(=O)c1c(C)[nH]c(C(=O)COC(=O)c2cc(S(=O)(=O)N3CCOCC3)ccc2F)c1C. The quantitative estimate of drug-likeness (QED) is 0.489. The number of aryl methyl sites for hydroxylation is 1. The molecule has 1 fully saturated rings. The van der Waals surface area contributed by atoms with E-state index in [2.05, 4.69) is 4.98 Å². The van der Waals surface area contributed by atoms with Crippen molar-refractivity contribution in [2.45, 2.75) is 25.7 Å². The molecule has 1 aliphatic rings. The summed E-state index contributed by atoms with van der Waals surface area (Å²) in [5.41, 5.74) is 0.838. The molecule has 2 aromatic rings. The Balaban J connectivity index is 1.77. The van der Waals surface area contributed by atoms with Crippen molar-refractivity contribution in [1.29, 1.82) is 0 Å². The number of ether oxygens (including phenoxy) is 2. The summed E-state index contributed by atoms with van der Waals surface area (Å²) in [7, 11) is -3.95. The Labute approximate surface area is 184 Å². The summed E-state index contributed by atoms with van der Waals surface area (Å²) in [6, 6.07) is 2.82. The average molecular weight is 466 g/mol. The van der Waals surface area contributed by atoms with E-state index >= 15 is 0 Å². The van der Waals surface area contributed by atoms with Crippen LogP contribution in [0.5, 0.6) is 0 Å². The lowest BCUT2D eigenvalue weighted by Crippen LogP contribution is -2.40. The number of benzene rings is 1. The lowest BCUT2D eigenvalue weighted by atomic mass is 10.1. The highest BCUT2D eigenvalue weighted by Gasteiger charge is 2.28. The molecule has 0 spiro atoms. The van der Waals surface area contributed by atoms with E-state index in [1.807, 2.05) is 0 Å². The van der Waals surface area contributed by atoms with E-state index in [1.54, 1.807) is 13.8 Å². The first-order valence-electron chi connectivity index (χ1n) is 9.82. The zero-order valence-electron chi connectivity index (χ0n) is 17.9. The molecule has 11 heteroatoms. The Bertz CT molecular complexity index is 1180. The molecule has 0 amide bonds. The standard InChI is InChI=1S/C21H23FN2O7S/c1-12-19(14(3)25)13(2)23-20(12)18(26)11-31-21(27)16-10-15(4-5-17(16)22)32(28,29)24-6-8-30-9-7-24/h4-5,10,23H,6-9,11H2,1-3H3. The van der Waals surface area contributed by atoms with Crippen molar-refractivity contribution in [3.05, 3.63) is 52.1 Å². The van der Waals surface area contributed by atoms with Gasteiger partial charge in [0.25, 0.3) is 0 Å². The van der Waals surface area contributed by atoms with Crippen molar-refractivity contribution < 1.29 is 36.7 Å². The van der Waals surface area contributed by atoms with Gasteiger partial charge in [0.15, 0.2) is 12.4 Å². The molecule has 9 nitrogen and oxygen atoms in total. The number of hydrogen-bond donors (Lipinski definition) is 1. The molecule has 2 heterocycles. The zero-order valence-corrected chi connectivity index (χ0v) is 18.7. The lowest BCUT2D eigenvalue weighted by Gasteiger charge is -2.26. The molecular formula is C21H23FN2O7S. The topological polar surface area (TPSA) is 123 Å². The van der Waals surface area contributed by atoms with Crippen LogP contribution >= 0.6 is 0 Å². The number of ketones is 2. The molecular weight excluding hydrogens is 443 g/mol. The molecule has 0 unspecified atom stereocenters. The highest BCUT2D eigenvalue weighted by molar-refractivity contribution is 7.89. The fraction of sp³-hybridized carbons (Fsp3) is 0.381. The minimum Gasteiger partial charge on any atom is -0.454 e. The summed E-state index contributed by atoms with van der Waals surface area (Å²) in [4.78, 5) is 39.2. The Morgan fingerprint density at radius 3 is 2.44 bits per heavy atom. The van der Waals surface area contributed by atoms with Gasteiger partial charge in [-0.1, -0.05) is 0 Å². The summed E-state index contributed by atoms with van der Waals surface area (Å²) >= 11 is 0. The highest BCUT2D eigenvalue weighted by Crippen LogP contribution is 2.22. The molecule has 0 radical (unpaired) electrons. The molecule has 0 saturated carbocycles. The number of aromatic nitrogens is 1. The smallest absolute Gasteiger partial charge is 0.341 e. The number of Topliss-reactive ketones (excluding diaryl/α,β-unsaturated/α-hetero) is 2. The second kappa shape index (κ2) is 9.31. The van der Waals surface area contributed by atoms with Crippen LogP contribution in [0.2, 0.25) is 0 Å². The van der Waals surface area contributed by atoms with E-state index in [0.717, 1.165) is 18.2 Å². The maximum Gasteiger partial charge on any atom is 0.341 e. The number of H-pyrrole nitrogens is 1. The van der Waals surface area contributed by atoms with Gasteiger partial charge < -0.3 is 14.5 Å². The fourth-order valence-electron chi connectivity index (χ4n) is 3.60. The first-order valence-corrected chi connectivity index (χ1v) is 11.3. The molecule has 172 valence electrons. The molecule has 1 aromatic carbocycles. The number of rotatable bonds is 7. The van der Waals surface area contributed by atoms with Gasteiger partial charge in [0.1, 0.15) is 5.82 Å². The number of halogens is 1. The Hall–Kier alpha value is -2.89. The van der Waals surface area contributed by atoms with Crippen molar-refractivity contribution in [3.8, 4) is 0 Å². The number of sulfonamides is 1. The summed E-state index contributed by atoms with van der Waals surface area (Å²) in [5, 5.41) is 0. The number of hydrogen-bond acceptors (Lipinski definition) is 7. The predicted molar refractivity (Wildman–Crippen MR) is 111 cm³/mol. The van der Waals surface area contributed by atoms with E-state index in [4.69, 9.17) is 9.47 Å².